The van der Waals surface area contributed by atoms with Crippen LogP contribution in [0.4, 0.5) is 0 Å². The van der Waals surface area contributed by atoms with Crippen molar-refractivity contribution in [2.75, 3.05) is 0 Å². The Kier molecular flexibility index (Phi) is 3.74. The molecule has 0 saturated heterocycles. The van der Waals surface area contributed by atoms with Crippen LogP contribution >= 0.6 is 11.3 Å². The Labute approximate surface area is 124 Å². The summed E-state index contributed by atoms with van der Waals surface area (Å²) < 4.78 is 0. The molecular formula is C14H12N4O2S. The Bertz CT molecular complexity index is 751. The highest BCUT2D eigenvalue weighted by atomic mass is 32.1. The Morgan fingerprint density at radius 3 is 2.81 bits per heavy atom. The van der Waals surface area contributed by atoms with E-state index in [2.05, 4.69) is 27.7 Å². The summed E-state index contributed by atoms with van der Waals surface area (Å²) in [5.74, 6) is -0.0425. The quantitative estimate of drug-likeness (QED) is 0.689. The molecular weight excluding hydrogens is 288 g/mol. The van der Waals surface area contributed by atoms with Gasteiger partial charge in [0, 0.05) is 18.2 Å². The molecule has 0 aliphatic heterocycles. The second-order valence-corrected chi connectivity index (χ2v) is 5.55. The van der Waals surface area contributed by atoms with Crippen LogP contribution in [0.5, 0.6) is 0 Å². The third-order valence-corrected chi connectivity index (χ3v) is 3.84. The van der Waals surface area contributed by atoms with Crippen molar-refractivity contribution in [3.05, 3.63) is 52.9 Å². The number of benzene rings is 1. The standard InChI is InChI=1S/C14H12N4O2S/c1-10(19)20-18-14(15-16-17-18)13-8-7-12(21-13)9-11-5-3-2-4-6-11/h2-8H,9H2,1H3. The zero-order chi connectivity index (χ0) is 14.7. The van der Waals surface area contributed by atoms with Gasteiger partial charge in [-0.15, -0.1) is 16.4 Å². The summed E-state index contributed by atoms with van der Waals surface area (Å²) in [6.07, 6.45) is 0.848. The van der Waals surface area contributed by atoms with Crippen molar-refractivity contribution < 1.29 is 9.63 Å². The second kappa shape index (κ2) is 5.84. The fourth-order valence-electron chi connectivity index (χ4n) is 1.90. The van der Waals surface area contributed by atoms with E-state index >= 15 is 0 Å². The van der Waals surface area contributed by atoms with Crippen molar-refractivity contribution >= 4 is 17.3 Å². The van der Waals surface area contributed by atoms with Crippen molar-refractivity contribution in [2.24, 2.45) is 0 Å². The van der Waals surface area contributed by atoms with E-state index in [1.807, 2.05) is 30.3 Å². The lowest BCUT2D eigenvalue weighted by molar-refractivity contribution is -0.143. The lowest BCUT2D eigenvalue weighted by Gasteiger charge is -2.00. The molecule has 3 rings (SSSR count). The van der Waals surface area contributed by atoms with Crippen molar-refractivity contribution in [3.63, 3.8) is 0 Å². The summed E-state index contributed by atoms with van der Waals surface area (Å²) in [6.45, 7) is 1.31. The maximum absolute atomic E-state index is 11.0. The van der Waals surface area contributed by atoms with Gasteiger partial charge in [-0.2, -0.15) is 0 Å². The average molecular weight is 300 g/mol. The van der Waals surface area contributed by atoms with E-state index in [1.165, 1.54) is 17.4 Å². The molecule has 21 heavy (non-hydrogen) atoms. The van der Waals surface area contributed by atoms with Crippen LogP contribution in [0.25, 0.3) is 10.7 Å². The van der Waals surface area contributed by atoms with Crippen LogP contribution in [0.1, 0.15) is 17.4 Å². The molecule has 106 valence electrons. The van der Waals surface area contributed by atoms with Crippen LogP contribution in [-0.2, 0) is 11.2 Å². The lowest BCUT2D eigenvalue weighted by Crippen LogP contribution is -2.18. The number of tetrazole rings is 1. The van der Waals surface area contributed by atoms with E-state index in [1.54, 1.807) is 11.3 Å². The van der Waals surface area contributed by atoms with Crippen molar-refractivity contribution in [1.82, 2.24) is 20.4 Å². The van der Waals surface area contributed by atoms with Gasteiger partial charge in [0.15, 0.2) is 0 Å². The molecule has 0 fully saturated rings. The monoisotopic (exact) mass is 300 g/mol. The fourth-order valence-corrected chi connectivity index (χ4v) is 2.90. The minimum atomic E-state index is -0.468. The van der Waals surface area contributed by atoms with Crippen LogP contribution in [0.15, 0.2) is 42.5 Å². The van der Waals surface area contributed by atoms with E-state index in [9.17, 15) is 4.79 Å². The first-order valence-electron chi connectivity index (χ1n) is 6.32. The Hall–Kier alpha value is -2.54. The molecule has 0 unspecified atom stereocenters. The first-order chi connectivity index (χ1) is 10.2. The van der Waals surface area contributed by atoms with Gasteiger partial charge in [-0.1, -0.05) is 30.3 Å². The van der Waals surface area contributed by atoms with Gasteiger partial charge in [0.1, 0.15) is 0 Å². The minimum Gasteiger partial charge on any atom is -0.316 e. The molecule has 2 heterocycles. The third kappa shape index (κ3) is 3.14. The van der Waals surface area contributed by atoms with Gasteiger partial charge in [-0.25, -0.2) is 4.79 Å². The molecule has 0 atom stereocenters. The SMILES string of the molecule is CC(=O)On1nnnc1-c1ccc(Cc2ccccc2)s1. The number of hydrogen-bond acceptors (Lipinski definition) is 6. The number of nitrogens with zero attached hydrogens (tertiary/aromatic N) is 4. The maximum atomic E-state index is 11.0. The summed E-state index contributed by atoms with van der Waals surface area (Å²) in [4.78, 5) is 19.0. The second-order valence-electron chi connectivity index (χ2n) is 4.39. The van der Waals surface area contributed by atoms with E-state index < -0.39 is 5.97 Å². The Balaban J connectivity index is 1.82. The molecule has 0 amide bonds. The van der Waals surface area contributed by atoms with Gasteiger partial charge in [-0.05, 0) is 33.0 Å². The summed E-state index contributed by atoms with van der Waals surface area (Å²) in [7, 11) is 0. The maximum Gasteiger partial charge on any atom is 0.332 e. The highest BCUT2D eigenvalue weighted by Crippen LogP contribution is 2.27. The van der Waals surface area contributed by atoms with Gasteiger partial charge in [-0.3, -0.25) is 0 Å². The van der Waals surface area contributed by atoms with Crippen molar-refractivity contribution in [1.29, 1.82) is 0 Å². The third-order valence-electron chi connectivity index (χ3n) is 2.76. The van der Waals surface area contributed by atoms with Crippen LogP contribution in [0.2, 0.25) is 0 Å². The predicted molar refractivity (Wildman–Crippen MR) is 77.6 cm³/mol. The molecule has 7 heteroatoms. The zero-order valence-corrected chi connectivity index (χ0v) is 12.1. The molecule has 2 aromatic heterocycles. The predicted octanol–water partition coefficient (Wildman–Crippen LogP) is 1.97. The van der Waals surface area contributed by atoms with Crippen LogP contribution in [-0.4, -0.2) is 26.3 Å². The van der Waals surface area contributed by atoms with Gasteiger partial charge >= 0.3 is 5.97 Å². The Morgan fingerprint density at radius 2 is 2.05 bits per heavy atom. The van der Waals surface area contributed by atoms with Crippen LogP contribution in [0.3, 0.4) is 0 Å². The summed E-state index contributed by atoms with van der Waals surface area (Å²) >= 11 is 1.57. The van der Waals surface area contributed by atoms with Gasteiger partial charge in [0.05, 0.1) is 4.88 Å². The number of aromatic nitrogens is 4. The highest BCUT2D eigenvalue weighted by Gasteiger charge is 2.14. The number of hydrogen-bond donors (Lipinski definition) is 0. The van der Waals surface area contributed by atoms with Gasteiger partial charge < -0.3 is 4.84 Å². The summed E-state index contributed by atoms with van der Waals surface area (Å²) in [5, 5.41) is 11.1. The van der Waals surface area contributed by atoms with E-state index in [0.29, 0.717) is 5.82 Å². The molecule has 0 aliphatic rings. The molecule has 0 radical (unpaired) electrons. The number of rotatable bonds is 4. The molecule has 1 aromatic carbocycles. The number of carbonyl (C=O) groups is 1. The lowest BCUT2D eigenvalue weighted by atomic mass is 10.1. The molecule has 0 N–H and O–H groups in total. The molecule has 3 aromatic rings. The normalized spacial score (nSPS) is 10.5. The Morgan fingerprint density at radius 1 is 1.24 bits per heavy atom. The molecule has 0 spiro atoms. The molecule has 0 bridgehead atoms. The molecule has 6 nitrogen and oxygen atoms in total. The van der Waals surface area contributed by atoms with Crippen LogP contribution in [0, 0.1) is 0 Å². The van der Waals surface area contributed by atoms with Crippen LogP contribution < -0.4 is 4.84 Å². The topological polar surface area (TPSA) is 69.9 Å². The summed E-state index contributed by atoms with van der Waals surface area (Å²) in [6, 6.07) is 14.2. The first-order valence-corrected chi connectivity index (χ1v) is 7.14. The van der Waals surface area contributed by atoms with Crippen molar-refractivity contribution in [3.8, 4) is 10.7 Å². The zero-order valence-electron chi connectivity index (χ0n) is 11.3. The summed E-state index contributed by atoms with van der Waals surface area (Å²) in [5.41, 5.74) is 1.24. The van der Waals surface area contributed by atoms with Gasteiger partial charge in [0.25, 0.3) is 0 Å². The largest absolute Gasteiger partial charge is 0.332 e. The van der Waals surface area contributed by atoms with E-state index in [0.717, 1.165) is 16.1 Å². The first kappa shape index (κ1) is 13.4. The molecule has 0 saturated carbocycles. The smallest absolute Gasteiger partial charge is 0.316 e. The van der Waals surface area contributed by atoms with Crippen molar-refractivity contribution in [2.45, 2.75) is 13.3 Å². The average Bonchev–Trinajstić information content (AvgIpc) is 3.08. The highest BCUT2D eigenvalue weighted by molar-refractivity contribution is 7.15. The van der Waals surface area contributed by atoms with Gasteiger partial charge in [0.2, 0.25) is 5.82 Å². The van der Waals surface area contributed by atoms with E-state index in [-0.39, 0.29) is 0 Å². The minimum absolute atomic E-state index is 0.425. The van der Waals surface area contributed by atoms with E-state index in [4.69, 9.17) is 4.84 Å². The molecule has 0 aliphatic carbocycles. The number of thiophene rings is 1. The number of carbonyl (C=O) groups excluding carboxylic acids is 1. The fraction of sp³-hybridized carbons (Fsp3) is 0.143.